The average Bonchev–Trinajstić information content (AvgIpc) is 3.26. The molecule has 62 heavy (non-hydrogen) atoms. The molecule has 0 bridgehead atoms. The molecule has 0 aromatic heterocycles. The molecule has 0 radical (unpaired) electrons. The molecule has 3 rings (SSSR count). The Bertz CT molecular complexity index is 2110. The van der Waals surface area contributed by atoms with Crippen LogP contribution in [0.15, 0.2) is 66.7 Å². The summed E-state index contributed by atoms with van der Waals surface area (Å²) in [5.74, 6) is -6.87. The molecule has 0 unspecified atom stereocenters. The Balaban J connectivity index is 1.96. The highest BCUT2D eigenvalue weighted by Crippen LogP contribution is 2.34. The quantitative estimate of drug-likeness (QED) is 0.0979. The van der Waals surface area contributed by atoms with Gasteiger partial charge in [-0.15, -0.1) is 0 Å². The molecule has 0 heterocycles. The van der Waals surface area contributed by atoms with Crippen LogP contribution in [0.2, 0.25) is 0 Å². The third-order valence-corrected chi connectivity index (χ3v) is 8.22. The van der Waals surface area contributed by atoms with E-state index >= 15 is 0 Å². The van der Waals surface area contributed by atoms with Crippen LogP contribution in [0.25, 0.3) is 0 Å². The second kappa shape index (κ2) is 24.2. The lowest BCUT2D eigenvalue weighted by Crippen LogP contribution is -2.48. The number of hydrogen-bond donors (Lipinski definition) is 2. The van der Waals surface area contributed by atoms with Crippen LogP contribution >= 0.6 is 0 Å². The second-order valence-corrected chi connectivity index (χ2v) is 12.4. The van der Waals surface area contributed by atoms with Crippen LogP contribution in [0, 0.1) is 0 Å². The summed E-state index contributed by atoms with van der Waals surface area (Å²) < 4.78 is 43.8. The van der Waals surface area contributed by atoms with Crippen molar-refractivity contribution in [2.45, 2.75) is 31.9 Å². The van der Waals surface area contributed by atoms with Gasteiger partial charge in [-0.05, 0) is 42.7 Å². The molecule has 2 N–H and O–H groups in total. The second-order valence-electron chi connectivity index (χ2n) is 12.4. The van der Waals surface area contributed by atoms with Crippen molar-refractivity contribution < 1.29 is 90.9 Å². The van der Waals surface area contributed by atoms with Crippen molar-refractivity contribution in [3.63, 3.8) is 0 Å². The number of benzene rings is 3. The van der Waals surface area contributed by atoms with E-state index in [1.54, 1.807) is 30.3 Å². The number of ether oxygens (including phenoxy) is 9. The van der Waals surface area contributed by atoms with Crippen LogP contribution in [-0.2, 0) is 44.7 Å². The SMILES string of the molecule is COC(=O)Oc1cccc(C(=O)N(C)CCCN(CC(=O)N[C@@H](CCC(=O)O)C(=O)OCc2ccccc2)C(=O)c2cccc(OC(=O)OC)c2OC(=O)OC)c1OC(=O)OC. The van der Waals surface area contributed by atoms with Crippen molar-refractivity contribution in [1.82, 2.24) is 15.1 Å². The van der Waals surface area contributed by atoms with Crippen molar-refractivity contribution in [1.29, 1.82) is 0 Å². The summed E-state index contributed by atoms with van der Waals surface area (Å²) >= 11 is 0. The number of para-hydroxylation sites is 2. The molecule has 22 nitrogen and oxygen atoms in total. The van der Waals surface area contributed by atoms with Gasteiger partial charge in [0.2, 0.25) is 5.91 Å². The Morgan fingerprint density at radius 2 is 1.13 bits per heavy atom. The summed E-state index contributed by atoms with van der Waals surface area (Å²) in [5.41, 5.74) is -0.0711. The zero-order valence-corrected chi connectivity index (χ0v) is 34.1. The van der Waals surface area contributed by atoms with Crippen LogP contribution in [0.1, 0.15) is 45.5 Å². The maximum absolute atomic E-state index is 14.3. The highest BCUT2D eigenvalue weighted by atomic mass is 16.8. The zero-order valence-electron chi connectivity index (χ0n) is 34.1. The fourth-order valence-corrected chi connectivity index (χ4v) is 5.24. The van der Waals surface area contributed by atoms with Crippen LogP contribution in [-0.4, -0.2) is 130 Å². The van der Waals surface area contributed by atoms with Gasteiger partial charge in [0, 0.05) is 26.6 Å². The van der Waals surface area contributed by atoms with E-state index in [1.807, 2.05) is 0 Å². The van der Waals surface area contributed by atoms with Gasteiger partial charge in [0.05, 0.1) is 46.1 Å². The van der Waals surface area contributed by atoms with Gasteiger partial charge in [0.25, 0.3) is 11.8 Å². The fourth-order valence-electron chi connectivity index (χ4n) is 5.24. The average molecular weight is 870 g/mol. The number of nitrogens with zero attached hydrogens (tertiary/aromatic N) is 2. The number of amides is 3. The summed E-state index contributed by atoms with van der Waals surface area (Å²) in [6.07, 6.45) is -6.02. The van der Waals surface area contributed by atoms with Crippen LogP contribution in [0.3, 0.4) is 0 Å². The molecule has 0 aliphatic carbocycles. The van der Waals surface area contributed by atoms with E-state index in [0.29, 0.717) is 5.56 Å². The fraction of sp³-hybridized carbons (Fsp3) is 0.325. The number of esters is 1. The number of hydrogen-bond acceptors (Lipinski definition) is 18. The number of methoxy groups -OCH3 is 4. The minimum Gasteiger partial charge on any atom is -0.481 e. The van der Waals surface area contributed by atoms with Gasteiger partial charge in [0.15, 0.2) is 23.0 Å². The van der Waals surface area contributed by atoms with Gasteiger partial charge in [-0.25, -0.2) is 24.0 Å². The van der Waals surface area contributed by atoms with Gasteiger partial charge >= 0.3 is 36.6 Å². The molecule has 0 saturated carbocycles. The minimum atomic E-state index is -1.47. The molecular formula is C40H43N3O19. The first-order valence-corrected chi connectivity index (χ1v) is 18.2. The monoisotopic (exact) mass is 869 g/mol. The molecule has 22 heteroatoms. The molecule has 0 aliphatic heterocycles. The lowest BCUT2D eigenvalue weighted by atomic mass is 10.1. The standard InChI is InChI=1S/C40H43N3O19/c1-42(34(47)25-14-9-16-28(59-37(50)54-2)32(25)61-39(52)56-4)20-11-21-43(35(48)26-15-10-17-29(60-38(51)55-3)33(26)62-40(53)57-5)22-30(44)41-27(18-19-31(45)46)36(49)58-23-24-12-7-6-8-13-24/h6-10,12-17,27H,11,18-23H2,1-5H3,(H,41,44)(H,45,46)/t27-/m0/s1. The Morgan fingerprint density at radius 1 is 0.629 bits per heavy atom. The van der Waals surface area contributed by atoms with E-state index in [-0.39, 0.29) is 43.9 Å². The Kier molecular flexibility index (Phi) is 18.9. The maximum Gasteiger partial charge on any atom is 0.513 e. The number of aliphatic carboxylic acids is 1. The predicted octanol–water partition coefficient (Wildman–Crippen LogP) is 3.96. The highest BCUT2D eigenvalue weighted by molar-refractivity contribution is 6.01. The van der Waals surface area contributed by atoms with Gasteiger partial charge in [-0.2, -0.15) is 0 Å². The van der Waals surface area contributed by atoms with Crippen molar-refractivity contribution in [3.05, 3.63) is 83.4 Å². The number of carboxylic acid groups (broad SMARTS) is 1. The third kappa shape index (κ3) is 14.7. The molecule has 0 aliphatic rings. The number of carbonyl (C=O) groups is 9. The summed E-state index contributed by atoms with van der Waals surface area (Å²) in [6.45, 7) is -1.50. The summed E-state index contributed by atoms with van der Waals surface area (Å²) in [4.78, 5) is 117. The molecule has 0 spiro atoms. The van der Waals surface area contributed by atoms with Gasteiger partial charge in [-0.3, -0.25) is 19.2 Å². The van der Waals surface area contributed by atoms with E-state index in [0.717, 1.165) is 38.2 Å². The molecule has 332 valence electrons. The van der Waals surface area contributed by atoms with Crippen LogP contribution in [0.4, 0.5) is 19.2 Å². The molecule has 3 amide bonds. The minimum absolute atomic E-state index is 0.0834. The third-order valence-electron chi connectivity index (χ3n) is 8.22. The molecule has 3 aromatic rings. The molecule has 0 fully saturated rings. The normalized spacial score (nSPS) is 10.7. The Hall–Kier alpha value is -7.91. The van der Waals surface area contributed by atoms with Gasteiger partial charge in [0.1, 0.15) is 12.6 Å². The highest BCUT2D eigenvalue weighted by Gasteiger charge is 2.30. The van der Waals surface area contributed by atoms with Crippen molar-refractivity contribution in [2.24, 2.45) is 0 Å². The number of carboxylic acids is 1. The maximum atomic E-state index is 14.3. The zero-order chi connectivity index (χ0) is 45.8. The largest absolute Gasteiger partial charge is 0.513 e. The lowest BCUT2D eigenvalue weighted by Gasteiger charge is -2.26. The first kappa shape index (κ1) is 48.5. The predicted molar refractivity (Wildman–Crippen MR) is 208 cm³/mol. The molecule has 0 saturated heterocycles. The summed E-state index contributed by atoms with van der Waals surface area (Å²) in [6, 6.07) is 14.5. The number of nitrogens with one attached hydrogen (secondary N) is 1. The van der Waals surface area contributed by atoms with Crippen LogP contribution < -0.4 is 24.3 Å². The summed E-state index contributed by atoms with van der Waals surface area (Å²) in [5, 5.41) is 11.7. The molecule has 3 aromatic carbocycles. The van der Waals surface area contributed by atoms with Crippen molar-refractivity contribution in [3.8, 4) is 23.0 Å². The van der Waals surface area contributed by atoms with E-state index in [1.165, 1.54) is 43.4 Å². The molecule has 1 atom stereocenters. The first-order valence-electron chi connectivity index (χ1n) is 18.2. The number of carbonyl (C=O) groups excluding carboxylic acids is 8. The van der Waals surface area contributed by atoms with Crippen LogP contribution in [0.5, 0.6) is 23.0 Å². The topological polar surface area (TPSA) is 275 Å². The Labute approximate surface area is 353 Å². The van der Waals surface area contributed by atoms with Crippen molar-refractivity contribution >= 4 is 54.3 Å². The lowest BCUT2D eigenvalue weighted by molar-refractivity contribution is -0.149. The van der Waals surface area contributed by atoms with Gasteiger partial charge < -0.3 is 62.9 Å². The first-order chi connectivity index (χ1) is 29.6. The smallest absolute Gasteiger partial charge is 0.481 e. The van der Waals surface area contributed by atoms with E-state index in [2.05, 4.69) is 24.3 Å². The van der Waals surface area contributed by atoms with Gasteiger partial charge in [-0.1, -0.05) is 42.5 Å². The van der Waals surface area contributed by atoms with E-state index in [4.69, 9.17) is 23.7 Å². The molecular weight excluding hydrogens is 826 g/mol. The number of rotatable bonds is 19. The van der Waals surface area contributed by atoms with E-state index in [9.17, 15) is 48.3 Å². The van der Waals surface area contributed by atoms with Crippen molar-refractivity contribution in [2.75, 3.05) is 55.1 Å². The Morgan fingerprint density at radius 3 is 1.63 bits per heavy atom. The summed E-state index contributed by atoms with van der Waals surface area (Å²) in [7, 11) is 5.36. The van der Waals surface area contributed by atoms with E-state index < -0.39 is 96.1 Å².